The van der Waals surface area contributed by atoms with Gasteiger partial charge in [-0.25, -0.2) is 0 Å². The van der Waals surface area contributed by atoms with Crippen LogP contribution in [0.3, 0.4) is 0 Å². The van der Waals surface area contributed by atoms with Crippen molar-refractivity contribution < 1.29 is 4.58 Å². The van der Waals surface area contributed by atoms with Crippen molar-refractivity contribution in [2.24, 2.45) is 0 Å². The van der Waals surface area contributed by atoms with Gasteiger partial charge in [0.2, 0.25) is 6.34 Å². The maximum Gasteiger partial charge on any atom is 0.233 e. The highest BCUT2D eigenvalue weighted by Crippen LogP contribution is 2.16. The van der Waals surface area contributed by atoms with Crippen LogP contribution in [-0.2, 0) is 0 Å². The molecule has 49 heavy (non-hydrogen) atoms. The molecule has 0 fully saturated rings. The van der Waals surface area contributed by atoms with Crippen molar-refractivity contribution in [3.63, 3.8) is 0 Å². The van der Waals surface area contributed by atoms with E-state index >= 15 is 0 Å². The quantitative estimate of drug-likeness (QED) is 0.0267. The van der Waals surface area contributed by atoms with Gasteiger partial charge in [-0.1, -0.05) is 245 Å². The Morgan fingerprint density at radius 2 is 0.510 bits per heavy atom. The normalized spacial score (nSPS) is 12.0. The molecule has 0 aromatic rings. The van der Waals surface area contributed by atoms with Gasteiger partial charge in [0, 0.05) is 0 Å². The van der Waals surface area contributed by atoms with Crippen molar-refractivity contribution in [2.45, 2.75) is 271 Å². The van der Waals surface area contributed by atoms with E-state index in [1.54, 1.807) is 0 Å². The predicted octanol–water partition coefficient (Wildman–Crippen LogP) is 16.2. The summed E-state index contributed by atoms with van der Waals surface area (Å²) in [6.07, 6.45) is 60.6. The molecule has 0 saturated carbocycles. The summed E-state index contributed by atoms with van der Waals surface area (Å²) in [5, 5.41) is 0. The van der Waals surface area contributed by atoms with E-state index < -0.39 is 0 Å². The lowest BCUT2D eigenvalue weighted by molar-refractivity contribution is -0.497. The molecule has 0 unspecified atom stereocenters. The lowest BCUT2D eigenvalue weighted by atomic mass is 10.0. The molecule has 0 aliphatic rings. The Morgan fingerprint density at radius 3 is 0.755 bits per heavy atom. The molecule has 0 atom stereocenters. The van der Waals surface area contributed by atoms with Gasteiger partial charge in [0.15, 0.2) is 0 Å². The summed E-state index contributed by atoms with van der Waals surface area (Å²) >= 11 is 0. The van der Waals surface area contributed by atoms with E-state index in [2.05, 4.69) is 43.8 Å². The van der Waals surface area contributed by atoms with E-state index in [4.69, 9.17) is 0 Å². The minimum atomic E-state index is 1.21. The monoisotopic (exact) mass is 690 g/mol. The average molecular weight is 690 g/mol. The van der Waals surface area contributed by atoms with Crippen LogP contribution in [0.1, 0.15) is 271 Å². The average Bonchev–Trinajstić information content (AvgIpc) is 3.10. The summed E-state index contributed by atoms with van der Waals surface area (Å²) < 4.78 is 2.42. The van der Waals surface area contributed by atoms with Crippen molar-refractivity contribution >= 4 is 6.34 Å². The molecule has 2 heteroatoms. The van der Waals surface area contributed by atoms with Crippen molar-refractivity contribution in [1.82, 2.24) is 4.90 Å². The summed E-state index contributed by atoms with van der Waals surface area (Å²) in [7, 11) is 4.53. The zero-order chi connectivity index (χ0) is 35.6. The summed E-state index contributed by atoms with van der Waals surface area (Å²) in [5.41, 5.74) is 0. The fourth-order valence-electron chi connectivity index (χ4n) is 7.68. The number of unbranched alkanes of at least 4 members (excludes halogenated alkanes) is 38. The van der Waals surface area contributed by atoms with E-state index in [9.17, 15) is 0 Å². The molecule has 0 rings (SSSR count). The molecule has 0 heterocycles. The third kappa shape index (κ3) is 43.6. The van der Waals surface area contributed by atoms with E-state index in [0.29, 0.717) is 0 Å². The van der Waals surface area contributed by atoms with Gasteiger partial charge in [-0.15, -0.1) is 0 Å². The fraction of sp³-hybridized carbons (Fsp3) is 0.979. The van der Waals surface area contributed by atoms with Gasteiger partial charge < -0.3 is 0 Å². The molecular weight excluding hydrogens is 593 g/mol. The topological polar surface area (TPSA) is 6.25 Å². The number of rotatable bonds is 43. The van der Waals surface area contributed by atoms with Crippen LogP contribution in [0.25, 0.3) is 0 Å². The maximum atomic E-state index is 2.42. The van der Waals surface area contributed by atoms with Gasteiger partial charge in [0.1, 0.15) is 0 Å². The third-order valence-corrected chi connectivity index (χ3v) is 11.1. The first kappa shape index (κ1) is 48.5. The summed E-state index contributed by atoms with van der Waals surface area (Å²) in [5.74, 6) is 0. The van der Waals surface area contributed by atoms with E-state index in [-0.39, 0.29) is 0 Å². The first-order valence-corrected chi connectivity index (χ1v) is 23.5. The van der Waals surface area contributed by atoms with Crippen LogP contribution in [0, 0.1) is 0 Å². The highest BCUT2D eigenvalue weighted by molar-refractivity contribution is 5.47. The van der Waals surface area contributed by atoms with Gasteiger partial charge >= 0.3 is 0 Å². The van der Waals surface area contributed by atoms with E-state index in [1.807, 2.05) is 0 Å². The Balaban J connectivity index is 3.30. The molecule has 2 nitrogen and oxygen atoms in total. The van der Waals surface area contributed by atoms with Gasteiger partial charge in [0.25, 0.3) is 0 Å². The van der Waals surface area contributed by atoms with E-state index in [1.165, 1.54) is 270 Å². The minimum absolute atomic E-state index is 1.21. The smallest absolute Gasteiger partial charge is 0.233 e. The Kier molecular flexibility index (Phi) is 43.2. The largest absolute Gasteiger partial charge is 0.271 e. The lowest BCUT2D eigenvalue weighted by Gasteiger charge is -2.09. The summed E-state index contributed by atoms with van der Waals surface area (Å²) in [6, 6.07) is 0. The number of hydrogen-bond acceptors (Lipinski definition) is 0. The van der Waals surface area contributed by atoms with Gasteiger partial charge in [0.05, 0.1) is 27.2 Å². The molecule has 0 saturated heterocycles. The van der Waals surface area contributed by atoms with Crippen LogP contribution in [0.2, 0.25) is 0 Å². The lowest BCUT2D eigenvalue weighted by Crippen LogP contribution is -2.24. The first-order valence-electron chi connectivity index (χ1n) is 23.5. The summed E-state index contributed by atoms with van der Waals surface area (Å²) in [4.78, 5) is 2.42. The van der Waals surface area contributed by atoms with E-state index in [0.717, 1.165) is 0 Å². The van der Waals surface area contributed by atoms with Crippen molar-refractivity contribution in [1.29, 1.82) is 0 Å². The highest BCUT2D eigenvalue weighted by Gasteiger charge is 2.03. The molecule has 0 spiro atoms. The predicted molar refractivity (Wildman–Crippen MR) is 226 cm³/mol. The second-order valence-electron chi connectivity index (χ2n) is 16.5. The molecule has 294 valence electrons. The van der Waals surface area contributed by atoms with Gasteiger partial charge in [-0.2, -0.15) is 0 Å². The van der Waals surface area contributed by atoms with Crippen molar-refractivity contribution in [3.8, 4) is 0 Å². The molecule has 0 bridgehead atoms. The van der Waals surface area contributed by atoms with Crippen LogP contribution in [-0.4, -0.2) is 43.0 Å². The second kappa shape index (κ2) is 43.6. The van der Waals surface area contributed by atoms with Gasteiger partial charge in [-0.3, -0.25) is 9.48 Å². The second-order valence-corrected chi connectivity index (χ2v) is 16.5. The molecule has 0 aliphatic carbocycles. The summed E-state index contributed by atoms with van der Waals surface area (Å²) in [6.45, 7) is 7.04. The molecule has 0 N–H and O–H groups in total. The Hall–Kier alpha value is -0.530. The molecule has 0 aromatic heterocycles. The van der Waals surface area contributed by atoms with Crippen molar-refractivity contribution in [2.75, 3.05) is 27.2 Å². The maximum absolute atomic E-state index is 2.42. The molecule has 0 radical (unpaired) electrons. The molecular formula is C47H97N2+. The Bertz CT molecular complexity index is 613. The zero-order valence-corrected chi connectivity index (χ0v) is 35.2. The van der Waals surface area contributed by atoms with Crippen LogP contribution < -0.4 is 0 Å². The number of hydrogen-bond donors (Lipinski definition) is 0. The molecule has 0 aromatic carbocycles. The van der Waals surface area contributed by atoms with Gasteiger partial charge in [-0.05, 0) is 25.7 Å². The Morgan fingerprint density at radius 1 is 0.306 bits per heavy atom. The fourth-order valence-corrected chi connectivity index (χ4v) is 7.68. The standard InChI is InChI=1S/C47H97N2/c1-5-7-9-11-13-15-17-19-21-23-25-26-27-28-30-32-34-36-38-40-42-44-46-49(4)47-48(3)45-43-41-39-37-35-33-31-29-24-22-20-18-16-14-12-10-8-6-2/h47H,5-46H2,1-4H3/q+1. The van der Waals surface area contributed by atoms with Crippen LogP contribution >= 0.6 is 0 Å². The first-order chi connectivity index (χ1) is 24.2. The van der Waals surface area contributed by atoms with Crippen LogP contribution in [0.15, 0.2) is 0 Å². The minimum Gasteiger partial charge on any atom is -0.271 e. The number of nitrogens with zero attached hydrogens (tertiary/aromatic N) is 2. The SMILES string of the molecule is CCCCCCCCCCCCCCCCCCCCCCCC[N+](C)=CN(C)CCCCCCCCCCCCCCCCCCCC. The zero-order valence-electron chi connectivity index (χ0n) is 35.2. The Labute approximate surface area is 312 Å². The molecule has 0 aliphatic heterocycles. The third-order valence-electron chi connectivity index (χ3n) is 11.1. The van der Waals surface area contributed by atoms with Crippen LogP contribution in [0.5, 0.6) is 0 Å². The van der Waals surface area contributed by atoms with Crippen molar-refractivity contribution in [3.05, 3.63) is 0 Å². The highest BCUT2D eigenvalue weighted by atomic mass is 15.2. The van der Waals surface area contributed by atoms with Crippen LogP contribution in [0.4, 0.5) is 0 Å². The molecule has 0 amide bonds.